The normalized spacial score (nSPS) is 23.0. The van der Waals surface area contributed by atoms with Crippen LogP contribution in [0.1, 0.15) is 28.5 Å². The van der Waals surface area contributed by atoms with E-state index in [-0.39, 0.29) is 0 Å². The minimum atomic E-state index is 0.687. The average Bonchev–Trinajstić information content (AvgIpc) is 2.87. The molecule has 2 aromatic rings. The molecular formula is C18H19NS. The molecule has 0 bridgehead atoms. The molecule has 2 heteroatoms. The number of nitrogens with one attached hydrogen (secondary N) is 1. The summed E-state index contributed by atoms with van der Waals surface area (Å²) in [5.74, 6) is 2.65. The molecule has 1 heterocycles. The average molecular weight is 281 g/mol. The van der Waals surface area contributed by atoms with Crippen molar-refractivity contribution in [2.75, 3.05) is 18.8 Å². The topological polar surface area (TPSA) is 12.0 Å². The van der Waals surface area contributed by atoms with Crippen molar-refractivity contribution in [2.24, 2.45) is 0 Å². The van der Waals surface area contributed by atoms with E-state index in [1.165, 1.54) is 17.1 Å². The van der Waals surface area contributed by atoms with Crippen LogP contribution in [-0.2, 0) is 6.42 Å². The molecule has 2 atom stereocenters. The third-order valence-electron chi connectivity index (χ3n) is 4.54. The Labute approximate surface area is 124 Å². The first-order valence-corrected chi connectivity index (χ1v) is 8.40. The van der Waals surface area contributed by atoms with Crippen molar-refractivity contribution in [1.82, 2.24) is 5.32 Å². The van der Waals surface area contributed by atoms with Gasteiger partial charge in [-0.05, 0) is 29.2 Å². The molecule has 20 heavy (non-hydrogen) atoms. The molecule has 2 aliphatic rings. The van der Waals surface area contributed by atoms with E-state index in [4.69, 9.17) is 0 Å². The number of thioether (sulfide) groups is 1. The smallest absolute Gasteiger partial charge is 0.0108 e. The first kappa shape index (κ1) is 12.5. The molecular weight excluding hydrogens is 262 g/mol. The van der Waals surface area contributed by atoms with Crippen molar-refractivity contribution >= 4 is 11.8 Å². The lowest BCUT2D eigenvalue weighted by atomic mass is 9.77. The summed E-state index contributed by atoms with van der Waals surface area (Å²) in [6.45, 7) is 2.24. The van der Waals surface area contributed by atoms with Gasteiger partial charge in [0.05, 0.1) is 0 Å². The summed E-state index contributed by atoms with van der Waals surface area (Å²) < 4.78 is 0. The molecule has 1 N–H and O–H groups in total. The largest absolute Gasteiger partial charge is 0.315 e. The number of benzene rings is 2. The van der Waals surface area contributed by atoms with Gasteiger partial charge in [0.2, 0.25) is 0 Å². The van der Waals surface area contributed by atoms with Crippen LogP contribution in [0.2, 0.25) is 0 Å². The van der Waals surface area contributed by atoms with Crippen LogP contribution in [0.4, 0.5) is 0 Å². The second-order valence-corrected chi connectivity index (χ2v) is 6.87. The van der Waals surface area contributed by atoms with E-state index in [0.717, 1.165) is 19.0 Å². The molecule has 1 aliphatic heterocycles. The molecule has 0 radical (unpaired) electrons. The Morgan fingerprint density at radius 2 is 1.65 bits per heavy atom. The Hall–Kier alpha value is -1.25. The van der Waals surface area contributed by atoms with Crippen LogP contribution in [0, 0.1) is 0 Å². The van der Waals surface area contributed by atoms with Crippen LogP contribution in [0.5, 0.6) is 0 Å². The van der Waals surface area contributed by atoms with Crippen molar-refractivity contribution in [3.05, 3.63) is 65.2 Å². The Bertz CT molecular complexity index is 622. The Morgan fingerprint density at radius 1 is 0.900 bits per heavy atom. The molecule has 0 saturated carbocycles. The Kier molecular flexibility index (Phi) is 3.29. The molecule has 0 saturated heterocycles. The maximum atomic E-state index is 3.70. The molecule has 4 rings (SSSR count). The van der Waals surface area contributed by atoms with Crippen LogP contribution in [-0.4, -0.2) is 18.8 Å². The minimum absolute atomic E-state index is 0.687. The van der Waals surface area contributed by atoms with Gasteiger partial charge in [0, 0.05) is 35.6 Å². The van der Waals surface area contributed by atoms with Crippen LogP contribution in [0.3, 0.4) is 0 Å². The molecule has 0 spiro atoms. The molecule has 2 aromatic carbocycles. The van der Waals surface area contributed by atoms with E-state index < -0.39 is 0 Å². The van der Waals surface area contributed by atoms with Gasteiger partial charge in [-0.1, -0.05) is 42.5 Å². The number of hydrogen-bond acceptors (Lipinski definition) is 2. The first-order chi connectivity index (χ1) is 9.92. The van der Waals surface area contributed by atoms with Gasteiger partial charge < -0.3 is 5.32 Å². The van der Waals surface area contributed by atoms with Gasteiger partial charge in [0.15, 0.2) is 0 Å². The zero-order valence-corrected chi connectivity index (χ0v) is 12.3. The molecule has 0 fully saturated rings. The highest BCUT2D eigenvalue weighted by Crippen LogP contribution is 2.39. The first-order valence-electron chi connectivity index (χ1n) is 7.42. The molecule has 0 amide bonds. The zero-order chi connectivity index (χ0) is 13.4. The predicted molar refractivity (Wildman–Crippen MR) is 85.7 cm³/mol. The summed E-state index contributed by atoms with van der Waals surface area (Å²) in [5.41, 5.74) is 4.64. The van der Waals surface area contributed by atoms with Crippen molar-refractivity contribution in [1.29, 1.82) is 0 Å². The summed E-state index contributed by atoms with van der Waals surface area (Å²) in [6, 6.07) is 17.7. The number of hydrogen-bond donors (Lipinski definition) is 1. The lowest BCUT2D eigenvalue weighted by Gasteiger charge is -2.30. The van der Waals surface area contributed by atoms with E-state index in [0.29, 0.717) is 5.92 Å². The van der Waals surface area contributed by atoms with Gasteiger partial charge in [0.1, 0.15) is 0 Å². The zero-order valence-electron chi connectivity index (χ0n) is 11.5. The van der Waals surface area contributed by atoms with Crippen molar-refractivity contribution in [3.63, 3.8) is 0 Å². The Balaban J connectivity index is 1.33. The minimum Gasteiger partial charge on any atom is -0.315 e. The van der Waals surface area contributed by atoms with E-state index in [2.05, 4.69) is 53.8 Å². The van der Waals surface area contributed by atoms with Gasteiger partial charge in [-0.3, -0.25) is 0 Å². The standard InChI is InChI=1S/C18H19NS/c1-2-6-16-13(5-1)9-14(16)10-19-11-15-12-20-18-8-4-3-7-17(15)18/h1-8,14-15,19H,9-12H2. The number of fused-ring (bicyclic) bond motifs is 2. The summed E-state index contributed by atoms with van der Waals surface area (Å²) in [5, 5.41) is 3.70. The van der Waals surface area contributed by atoms with Crippen molar-refractivity contribution in [3.8, 4) is 0 Å². The summed E-state index contributed by atoms with van der Waals surface area (Å²) in [4.78, 5) is 1.48. The van der Waals surface area contributed by atoms with E-state index in [1.54, 1.807) is 16.7 Å². The van der Waals surface area contributed by atoms with Gasteiger partial charge in [-0.25, -0.2) is 0 Å². The molecule has 2 unspecified atom stereocenters. The van der Waals surface area contributed by atoms with E-state index >= 15 is 0 Å². The van der Waals surface area contributed by atoms with Crippen molar-refractivity contribution in [2.45, 2.75) is 23.2 Å². The predicted octanol–water partition coefficient (Wildman–Crippen LogP) is 3.81. The van der Waals surface area contributed by atoms with E-state index in [9.17, 15) is 0 Å². The fourth-order valence-corrected chi connectivity index (χ4v) is 4.63. The van der Waals surface area contributed by atoms with Gasteiger partial charge in [-0.15, -0.1) is 11.8 Å². The quantitative estimate of drug-likeness (QED) is 0.914. The van der Waals surface area contributed by atoms with Crippen LogP contribution < -0.4 is 5.32 Å². The third-order valence-corrected chi connectivity index (χ3v) is 5.79. The highest BCUT2D eigenvalue weighted by atomic mass is 32.2. The van der Waals surface area contributed by atoms with Crippen LogP contribution >= 0.6 is 11.8 Å². The summed E-state index contributed by atoms with van der Waals surface area (Å²) in [6.07, 6.45) is 1.25. The molecule has 0 aromatic heterocycles. The van der Waals surface area contributed by atoms with Gasteiger partial charge in [-0.2, -0.15) is 0 Å². The van der Waals surface area contributed by atoms with Gasteiger partial charge >= 0.3 is 0 Å². The maximum absolute atomic E-state index is 3.70. The van der Waals surface area contributed by atoms with E-state index in [1.807, 2.05) is 11.8 Å². The van der Waals surface area contributed by atoms with Crippen LogP contribution in [0.25, 0.3) is 0 Å². The van der Waals surface area contributed by atoms with Gasteiger partial charge in [0.25, 0.3) is 0 Å². The second kappa shape index (κ2) is 5.27. The maximum Gasteiger partial charge on any atom is 0.0108 e. The highest BCUT2D eigenvalue weighted by Gasteiger charge is 2.26. The number of rotatable bonds is 4. The lowest BCUT2D eigenvalue weighted by molar-refractivity contribution is 0.520. The molecule has 1 aliphatic carbocycles. The third kappa shape index (κ3) is 2.17. The second-order valence-electron chi connectivity index (χ2n) is 5.80. The highest BCUT2D eigenvalue weighted by molar-refractivity contribution is 7.99. The summed E-state index contributed by atoms with van der Waals surface area (Å²) in [7, 11) is 0. The van der Waals surface area contributed by atoms with Crippen molar-refractivity contribution < 1.29 is 0 Å². The fraction of sp³-hybridized carbons (Fsp3) is 0.333. The summed E-state index contributed by atoms with van der Waals surface area (Å²) >= 11 is 2.00. The van der Waals surface area contributed by atoms with Crippen LogP contribution in [0.15, 0.2) is 53.4 Å². The monoisotopic (exact) mass is 281 g/mol. The molecule has 102 valence electrons. The SMILES string of the molecule is c1ccc2c(c1)CC2CNCC1CSc2ccccc21. The Morgan fingerprint density at radius 3 is 2.55 bits per heavy atom. The molecule has 1 nitrogen and oxygen atoms in total. The lowest BCUT2D eigenvalue weighted by Crippen LogP contribution is -2.31. The fourth-order valence-electron chi connectivity index (χ4n) is 3.37.